The lowest BCUT2D eigenvalue weighted by molar-refractivity contribution is 0.0722. The monoisotopic (exact) mass is 258 g/mol. The van der Waals surface area contributed by atoms with Crippen LogP contribution in [-0.2, 0) is 4.74 Å². The van der Waals surface area contributed by atoms with Crippen molar-refractivity contribution in [2.75, 3.05) is 7.11 Å². The fourth-order valence-electron chi connectivity index (χ4n) is 2.39. The molecule has 0 amide bonds. The second-order valence-electron chi connectivity index (χ2n) is 4.32. The van der Waals surface area contributed by atoms with Crippen molar-refractivity contribution in [3.05, 3.63) is 31.6 Å². The van der Waals surface area contributed by atoms with E-state index in [4.69, 9.17) is 16.3 Å². The fourth-order valence-corrected chi connectivity index (χ4v) is 2.55. The van der Waals surface area contributed by atoms with E-state index in [0.717, 1.165) is 19.3 Å². The van der Waals surface area contributed by atoms with Crippen molar-refractivity contribution in [2.45, 2.75) is 38.3 Å². The number of hydrogen-bond donors (Lipinski definition) is 1. The van der Waals surface area contributed by atoms with Gasteiger partial charge in [-0.3, -0.25) is 14.3 Å². The van der Waals surface area contributed by atoms with Gasteiger partial charge in [0.2, 0.25) is 0 Å². The summed E-state index contributed by atoms with van der Waals surface area (Å²) in [6, 6.07) is -0.188. The number of hydrogen-bond acceptors (Lipinski definition) is 3. The zero-order valence-corrected chi connectivity index (χ0v) is 10.6. The highest BCUT2D eigenvalue weighted by molar-refractivity contribution is 6.30. The van der Waals surface area contributed by atoms with E-state index >= 15 is 0 Å². The van der Waals surface area contributed by atoms with Crippen LogP contribution < -0.4 is 11.2 Å². The van der Waals surface area contributed by atoms with Gasteiger partial charge in [0.05, 0.1) is 12.1 Å². The molecule has 1 aromatic rings. The Balaban J connectivity index is 2.56. The zero-order chi connectivity index (χ0) is 12.6. The molecule has 94 valence electrons. The smallest absolute Gasteiger partial charge is 0.329 e. The number of aromatic amines is 1. The maximum Gasteiger partial charge on any atom is 0.329 e. The van der Waals surface area contributed by atoms with Crippen molar-refractivity contribution in [3.63, 3.8) is 0 Å². The molecule has 1 N–H and O–H groups in total. The lowest BCUT2D eigenvalue weighted by Crippen LogP contribution is -2.42. The average molecular weight is 259 g/mol. The molecule has 1 aliphatic carbocycles. The van der Waals surface area contributed by atoms with E-state index in [-0.39, 0.29) is 22.9 Å². The normalized spacial score (nSPS) is 24.2. The Morgan fingerprint density at radius 2 is 2.12 bits per heavy atom. The van der Waals surface area contributed by atoms with Crippen LogP contribution in [-0.4, -0.2) is 22.8 Å². The van der Waals surface area contributed by atoms with E-state index in [2.05, 4.69) is 4.98 Å². The average Bonchev–Trinajstić information content (AvgIpc) is 2.74. The third-order valence-electron chi connectivity index (χ3n) is 3.36. The van der Waals surface area contributed by atoms with Crippen LogP contribution in [0.1, 0.15) is 30.9 Å². The van der Waals surface area contributed by atoms with Crippen LogP contribution in [0.15, 0.2) is 9.59 Å². The van der Waals surface area contributed by atoms with Crippen molar-refractivity contribution in [2.24, 2.45) is 0 Å². The fraction of sp³-hybridized carbons (Fsp3) is 0.636. The van der Waals surface area contributed by atoms with Crippen molar-refractivity contribution in [1.82, 2.24) is 9.55 Å². The number of H-pyrrole nitrogens is 1. The van der Waals surface area contributed by atoms with Gasteiger partial charge in [-0.2, -0.15) is 0 Å². The third kappa shape index (κ3) is 2.05. The van der Waals surface area contributed by atoms with E-state index < -0.39 is 5.69 Å². The predicted octanol–water partition coefficient (Wildman–Crippen LogP) is 1.24. The molecule has 0 aromatic carbocycles. The largest absolute Gasteiger partial charge is 0.379 e. The molecule has 1 fully saturated rings. The Morgan fingerprint density at radius 1 is 1.41 bits per heavy atom. The summed E-state index contributed by atoms with van der Waals surface area (Å²) in [5.74, 6) is 0. The number of ether oxygens (including phenoxy) is 1. The molecule has 2 atom stereocenters. The Bertz CT molecular complexity index is 534. The number of aromatic nitrogens is 2. The minimum Gasteiger partial charge on any atom is -0.379 e. The highest BCUT2D eigenvalue weighted by Crippen LogP contribution is 2.30. The summed E-state index contributed by atoms with van der Waals surface area (Å²) in [4.78, 5) is 26.4. The highest BCUT2D eigenvalue weighted by atomic mass is 35.5. The van der Waals surface area contributed by atoms with Crippen molar-refractivity contribution in [1.29, 1.82) is 0 Å². The minimum atomic E-state index is -0.459. The van der Waals surface area contributed by atoms with E-state index in [0.29, 0.717) is 5.56 Å². The summed E-state index contributed by atoms with van der Waals surface area (Å²) < 4.78 is 6.55. The number of nitrogens with one attached hydrogen (secondary N) is 1. The molecule has 5 nitrogen and oxygen atoms in total. The maximum absolute atomic E-state index is 12.1. The molecule has 1 aliphatic rings. The molecular weight excluding hydrogens is 244 g/mol. The number of methoxy groups -OCH3 is 1. The van der Waals surface area contributed by atoms with Crippen LogP contribution in [0.5, 0.6) is 0 Å². The van der Waals surface area contributed by atoms with Gasteiger partial charge in [0.25, 0.3) is 5.56 Å². The first-order chi connectivity index (χ1) is 8.06. The Hall–Kier alpha value is -1.07. The van der Waals surface area contributed by atoms with Gasteiger partial charge in [-0.1, -0.05) is 11.6 Å². The summed E-state index contributed by atoms with van der Waals surface area (Å²) in [5, 5.41) is 0.114. The van der Waals surface area contributed by atoms with Crippen molar-refractivity contribution in [3.8, 4) is 0 Å². The molecule has 2 rings (SSSR count). The molecule has 1 aromatic heterocycles. The lowest BCUT2D eigenvalue weighted by Gasteiger charge is -2.20. The topological polar surface area (TPSA) is 64.1 Å². The number of halogens is 1. The van der Waals surface area contributed by atoms with Gasteiger partial charge in [-0.25, -0.2) is 4.79 Å². The summed E-state index contributed by atoms with van der Waals surface area (Å²) in [5.41, 5.74) is -0.416. The highest BCUT2D eigenvalue weighted by Gasteiger charge is 2.31. The first-order valence-electron chi connectivity index (χ1n) is 5.60. The molecule has 0 saturated heterocycles. The van der Waals surface area contributed by atoms with Gasteiger partial charge in [0.15, 0.2) is 0 Å². The molecule has 0 bridgehead atoms. The standard InChI is InChI=1S/C11H15ClN2O3/c1-6-9(12)13-11(16)14(10(6)15)7-4-3-5-8(7)17-2/h7-8H,3-5H2,1-2H3,(H,13,16). The zero-order valence-electron chi connectivity index (χ0n) is 9.83. The van der Waals surface area contributed by atoms with Crippen LogP contribution in [0.4, 0.5) is 0 Å². The van der Waals surface area contributed by atoms with E-state index in [1.54, 1.807) is 14.0 Å². The molecule has 0 spiro atoms. The Labute approximate surface area is 103 Å². The Kier molecular flexibility index (Phi) is 3.40. The van der Waals surface area contributed by atoms with Gasteiger partial charge in [-0.05, 0) is 26.2 Å². The quantitative estimate of drug-likeness (QED) is 0.812. The molecule has 0 aliphatic heterocycles. The SMILES string of the molecule is COC1CCCC1n1c(=O)[nH]c(Cl)c(C)c1=O. The van der Waals surface area contributed by atoms with Gasteiger partial charge < -0.3 is 4.74 Å². The van der Waals surface area contributed by atoms with E-state index in [1.807, 2.05) is 0 Å². The van der Waals surface area contributed by atoms with E-state index in [9.17, 15) is 9.59 Å². The van der Waals surface area contributed by atoms with E-state index in [1.165, 1.54) is 4.57 Å². The summed E-state index contributed by atoms with van der Waals surface area (Å²) >= 11 is 5.77. The summed E-state index contributed by atoms with van der Waals surface area (Å²) in [7, 11) is 1.60. The molecule has 1 saturated carbocycles. The van der Waals surface area contributed by atoms with Crippen LogP contribution in [0.3, 0.4) is 0 Å². The molecule has 2 unspecified atom stereocenters. The molecule has 17 heavy (non-hydrogen) atoms. The van der Waals surface area contributed by atoms with Gasteiger partial charge in [0, 0.05) is 12.7 Å². The van der Waals surface area contributed by atoms with Gasteiger partial charge >= 0.3 is 5.69 Å². The first kappa shape index (κ1) is 12.4. The molecule has 1 heterocycles. The van der Waals surface area contributed by atoms with Gasteiger partial charge in [0.1, 0.15) is 5.15 Å². The minimum absolute atomic E-state index is 0.0747. The first-order valence-corrected chi connectivity index (χ1v) is 5.97. The number of rotatable bonds is 2. The van der Waals surface area contributed by atoms with Crippen LogP contribution in [0, 0.1) is 6.92 Å². The van der Waals surface area contributed by atoms with Crippen LogP contribution in [0.25, 0.3) is 0 Å². The second kappa shape index (κ2) is 4.66. The number of nitrogens with zero attached hydrogens (tertiary/aromatic N) is 1. The summed E-state index contributed by atoms with van der Waals surface area (Å²) in [6.07, 6.45) is 2.53. The molecule has 0 radical (unpaired) electrons. The second-order valence-corrected chi connectivity index (χ2v) is 4.69. The maximum atomic E-state index is 12.1. The van der Waals surface area contributed by atoms with Crippen LogP contribution >= 0.6 is 11.6 Å². The van der Waals surface area contributed by atoms with Crippen molar-refractivity contribution >= 4 is 11.6 Å². The molecule has 6 heteroatoms. The van der Waals surface area contributed by atoms with Crippen LogP contribution in [0.2, 0.25) is 5.15 Å². The molecular formula is C11H15ClN2O3. The van der Waals surface area contributed by atoms with Crippen molar-refractivity contribution < 1.29 is 4.74 Å². The third-order valence-corrected chi connectivity index (χ3v) is 3.73. The van der Waals surface area contributed by atoms with Gasteiger partial charge in [-0.15, -0.1) is 0 Å². The summed E-state index contributed by atoms with van der Waals surface area (Å²) in [6.45, 7) is 1.61. The lowest BCUT2D eigenvalue weighted by atomic mass is 10.2. The predicted molar refractivity (Wildman–Crippen MR) is 64.8 cm³/mol. The Morgan fingerprint density at radius 3 is 2.76 bits per heavy atom.